The molecular formula is C16H20N2O2S. The Bertz CT molecular complexity index is 579. The Morgan fingerprint density at radius 1 is 1.43 bits per heavy atom. The number of methoxy groups -OCH3 is 1. The van der Waals surface area contributed by atoms with Gasteiger partial charge in [0.25, 0.3) is 0 Å². The second-order valence-corrected chi connectivity index (χ2v) is 6.36. The van der Waals surface area contributed by atoms with Crippen LogP contribution in [0.3, 0.4) is 0 Å². The van der Waals surface area contributed by atoms with Crippen LogP contribution >= 0.6 is 11.8 Å². The highest BCUT2D eigenvalue weighted by Crippen LogP contribution is 2.24. The summed E-state index contributed by atoms with van der Waals surface area (Å²) < 4.78 is 10.7. The number of rotatable bonds is 5. The Morgan fingerprint density at radius 2 is 2.38 bits per heavy atom. The van der Waals surface area contributed by atoms with Crippen LogP contribution < -0.4 is 10.1 Å². The Hall–Kier alpha value is -1.46. The average Bonchev–Trinajstić information content (AvgIpc) is 3.03. The van der Waals surface area contributed by atoms with E-state index < -0.39 is 0 Å². The minimum absolute atomic E-state index is 0.592. The number of aromatic nitrogens is 1. The number of nitrogens with one attached hydrogen (secondary N) is 1. The molecule has 1 saturated heterocycles. The predicted molar refractivity (Wildman–Crippen MR) is 85.7 cm³/mol. The van der Waals surface area contributed by atoms with E-state index in [1.807, 2.05) is 42.1 Å². The van der Waals surface area contributed by atoms with Crippen LogP contribution in [0.5, 0.6) is 5.75 Å². The van der Waals surface area contributed by atoms with Gasteiger partial charge >= 0.3 is 0 Å². The van der Waals surface area contributed by atoms with Gasteiger partial charge in [0.15, 0.2) is 5.76 Å². The fraction of sp³-hybridized carbons (Fsp3) is 0.438. The van der Waals surface area contributed by atoms with Crippen LogP contribution in [0, 0.1) is 0 Å². The van der Waals surface area contributed by atoms with Crippen LogP contribution in [-0.4, -0.2) is 29.8 Å². The maximum Gasteiger partial charge on any atom is 0.151 e. The molecule has 1 N–H and O–H groups in total. The number of ether oxygens (including phenoxy) is 1. The lowest BCUT2D eigenvalue weighted by molar-refractivity contribution is 0.363. The SMILES string of the molecule is COc1cccc(-c2cc(CNC3CCCSC3)on2)c1. The molecule has 1 aliphatic heterocycles. The van der Waals surface area contributed by atoms with E-state index in [-0.39, 0.29) is 0 Å². The third-order valence-electron chi connectivity index (χ3n) is 3.65. The molecule has 0 spiro atoms. The van der Waals surface area contributed by atoms with Gasteiger partial charge in [-0.25, -0.2) is 0 Å². The zero-order valence-corrected chi connectivity index (χ0v) is 13.0. The van der Waals surface area contributed by atoms with Crippen LogP contribution in [-0.2, 0) is 6.54 Å². The molecule has 0 bridgehead atoms. The van der Waals surface area contributed by atoms with Gasteiger partial charge in [-0.3, -0.25) is 0 Å². The highest BCUT2D eigenvalue weighted by atomic mass is 32.2. The van der Waals surface area contributed by atoms with Gasteiger partial charge in [-0.2, -0.15) is 11.8 Å². The summed E-state index contributed by atoms with van der Waals surface area (Å²) in [4.78, 5) is 0. The molecule has 1 aromatic heterocycles. The van der Waals surface area contributed by atoms with Crippen molar-refractivity contribution in [1.82, 2.24) is 10.5 Å². The summed E-state index contributed by atoms with van der Waals surface area (Å²) in [7, 11) is 1.67. The molecule has 112 valence electrons. The first kappa shape index (κ1) is 14.5. The Morgan fingerprint density at radius 3 is 3.19 bits per heavy atom. The zero-order valence-electron chi connectivity index (χ0n) is 12.2. The lowest BCUT2D eigenvalue weighted by atomic mass is 10.1. The van der Waals surface area contributed by atoms with Gasteiger partial charge in [-0.1, -0.05) is 17.3 Å². The highest BCUT2D eigenvalue weighted by molar-refractivity contribution is 7.99. The smallest absolute Gasteiger partial charge is 0.151 e. The molecule has 1 atom stereocenters. The van der Waals surface area contributed by atoms with Crippen LogP contribution in [0.15, 0.2) is 34.9 Å². The van der Waals surface area contributed by atoms with Gasteiger partial charge in [-0.15, -0.1) is 0 Å². The van der Waals surface area contributed by atoms with Crippen molar-refractivity contribution < 1.29 is 9.26 Å². The molecule has 0 radical (unpaired) electrons. The maximum absolute atomic E-state index is 5.42. The molecule has 0 amide bonds. The third kappa shape index (κ3) is 3.80. The van der Waals surface area contributed by atoms with Crippen molar-refractivity contribution in [3.8, 4) is 17.0 Å². The molecule has 1 unspecified atom stereocenters. The van der Waals surface area contributed by atoms with E-state index >= 15 is 0 Å². The second-order valence-electron chi connectivity index (χ2n) is 5.21. The molecule has 3 rings (SSSR count). The number of hydrogen-bond donors (Lipinski definition) is 1. The molecule has 1 aliphatic rings. The monoisotopic (exact) mass is 304 g/mol. The standard InChI is InChI=1S/C16H20N2O2S/c1-19-14-6-2-4-12(8-14)16-9-15(20-18-16)10-17-13-5-3-7-21-11-13/h2,4,6,8-9,13,17H,3,5,7,10-11H2,1H3. The molecular weight excluding hydrogens is 284 g/mol. The van der Waals surface area contributed by atoms with Gasteiger partial charge in [0, 0.05) is 23.4 Å². The maximum atomic E-state index is 5.42. The molecule has 1 fully saturated rings. The van der Waals surface area contributed by atoms with E-state index in [1.165, 1.54) is 24.3 Å². The summed E-state index contributed by atoms with van der Waals surface area (Å²) in [5, 5.41) is 7.70. The number of nitrogens with zero attached hydrogens (tertiary/aromatic N) is 1. The summed E-state index contributed by atoms with van der Waals surface area (Å²) in [6, 6.07) is 10.4. The summed E-state index contributed by atoms with van der Waals surface area (Å²) in [6.07, 6.45) is 2.55. The summed E-state index contributed by atoms with van der Waals surface area (Å²) in [6.45, 7) is 0.738. The average molecular weight is 304 g/mol. The first-order valence-electron chi connectivity index (χ1n) is 7.26. The van der Waals surface area contributed by atoms with Crippen molar-refractivity contribution >= 4 is 11.8 Å². The van der Waals surface area contributed by atoms with Crippen molar-refractivity contribution in [2.45, 2.75) is 25.4 Å². The van der Waals surface area contributed by atoms with Crippen molar-refractivity contribution in [2.75, 3.05) is 18.6 Å². The molecule has 5 heteroatoms. The molecule has 21 heavy (non-hydrogen) atoms. The lowest BCUT2D eigenvalue weighted by Gasteiger charge is -2.21. The minimum Gasteiger partial charge on any atom is -0.497 e. The fourth-order valence-electron chi connectivity index (χ4n) is 2.46. The Labute approximate surface area is 129 Å². The van der Waals surface area contributed by atoms with E-state index in [2.05, 4.69) is 10.5 Å². The van der Waals surface area contributed by atoms with Gasteiger partial charge < -0.3 is 14.6 Å². The second kappa shape index (κ2) is 7.00. The number of benzene rings is 1. The molecule has 0 aliphatic carbocycles. The Kier molecular flexibility index (Phi) is 4.83. The number of thioether (sulfide) groups is 1. The van der Waals surface area contributed by atoms with E-state index in [9.17, 15) is 0 Å². The number of hydrogen-bond acceptors (Lipinski definition) is 5. The summed E-state index contributed by atoms with van der Waals surface area (Å²) in [5.74, 6) is 4.19. The summed E-state index contributed by atoms with van der Waals surface area (Å²) in [5.41, 5.74) is 1.86. The zero-order chi connectivity index (χ0) is 14.5. The van der Waals surface area contributed by atoms with Crippen molar-refractivity contribution in [1.29, 1.82) is 0 Å². The third-order valence-corrected chi connectivity index (χ3v) is 4.87. The topological polar surface area (TPSA) is 47.3 Å². The molecule has 4 nitrogen and oxygen atoms in total. The first-order chi connectivity index (χ1) is 10.3. The molecule has 2 heterocycles. The molecule has 0 saturated carbocycles. The van der Waals surface area contributed by atoms with Crippen molar-refractivity contribution in [2.24, 2.45) is 0 Å². The largest absolute Gasteiger partial charge is 0.497 e. The minimum atomic E-state index is 0.592. The van der Waals surface area contributed by atoms with Gasteiger partial charge in [0.2, 0.25) is 0 Å². The molecule has 2 aromatic rings. The van der Waals surface area contributed by atoms with Gasteiger partial charge in [0.1, 0.15) is 11.4 Å². The van der Waals surface area contributed by atoms with Crippen LogP contribution in [0.2, 0.25) is 0 Å². The Balaban J connectivity index is 1.62. The fourth-order valence-corrected chi connectivity index (χ4v) is 3.57. The normalized spacial score (nSPS) is 18.6. The lowest BCUT2D eigenvalue weighted by Crippen LogP contribution is -2.33. The van der Waals surface area contributed by atoms with Crippen LogP contribution in [0.4, 0.5) is 0 Å². The van der Waals surface area contributed by atoms with Crippen LogP contribution in [0.1, 0.15) is 18.6 Å². The van der Waals surface area contributed by atoms with E-state index in [1.54, 1.807) is 7.11 Å². The van der Waals surface area contributed by atoms with Gasteiger partial charge in [0.05, 0.1) is 13.7 Å². The van der Waals surface area contributed by atoms with Gasteiger partial charge in [-0.05, 0) is 30.7 Å². The first-order valence-corrected chi connectivity index (χ1v) is 8.42. The summed E-state index contributed by atoms with van der Waals surface area (Å²) >= 11 is 2.02. The van der Waals surface area contributed by atoms with Crippen molar-refractivity contribution in [3.05, 3.63) is 36.1 Å². The predicted octanol–water partition coefficient (Wildman–Crippen LogP) is 3.34. The van der Waals surface area contributed by atoms with Crippen molar-refractivity contribution in [3.63, 3.8) is 0 Å². The van der Waals surface area contributed by atoms with E-state index in [4.69, 9.17) is 9.26 Å². The highest BCUT2D eigenvalue weighted by Gasteiger charge is 2.14. The molecule has 1 aromatic carbocycles. The van der Waals surface area contributed by atoms with E-state index in [0.29, 0.717) is 6.04 Å². The quantitative estimate of drug-likeness (QED) is 0.918. The van der Waals surface area contributed by atoms with E-state index in [0.717, 1.165) is 29.3 Å². The van der Waals surface area contributed by atoms with Crippen LogP contribution in [0.25, 0.3) is 11.3 Å².